The van der Waals surface area contributed by atoms with Gasteiger partial charge in [0.1, 0.15) is 5.01 Å². The molecule has 1 aliphatic carbocycles. The Kier molecular flexibility index (Phi) is 4.85. The Hall–Kier alpha value is -1.72. The van der Waals surface area contributed by atoms with Crippen LogP contribution >= 0.6 is 11.3 Å². The molecule has 0 aliphatic heterocycles. The van der Waals surface area contributed by atoms with Crippen LogP contribution in [0.2, 0.25) is 0 Å². The van der Waals surface area contributed by atoms with Gasteiger partial charge >= 0.3 is 0 Å². The van der Waals surface area contributed by atoms with E-state index in [0.29, 0.717) is 6.04 Å². The summed E-state index contributed by atoms with van der Waals surface area (Å²) >= 11 is 1.59. The minimum absolute atomic E-state index is 0.0553. The van der Waals surface area contributed by atoms with Crippen molar-refractivity contribution in [1.29, 1.82) is 0 Å². The number of nitrogens with zero attached hydrogens (tertiary/aromatic N) is 2. The fourth-order valence-electron chi connectivity index (χ4n) is 2.45. The molecule has 1 aliphatic rings. The molecule has 22 heavy (non-hydrogen) atoms. The number of hydrogen-bond acceptors (Lipinski definition) is 4. The van der Waals surface area contributed by atoms with Crippen LogP contribution < -0.4 is 0 Å². The summed E-state index contributed by atoms with van der Waals surface area (Å²) in [5.41, 5.74) is 0.974. The van der Waals surface area contributed by atoms with Crippen molar-refractivity contribution in [2.24, 2.45) is 0 Å². The summed E-state index contributed by atoms with van der Waals surface area (Å²) in [5, 5.41) is 9.73. The van der Waals surface area contributed by atoms with E-state index in [1.165, 1.54) is 0 Å². The minimum Gasteiger partial charge on any atom is -0.396 e. The quantitative estimate of drug-likeness (QED) is 0.631. The van der Waals surface area contributed by atoms with Gasteiger partial charge in [-0.1, -0.05) is 12.1 Å². The average molecular weight is 316 g/mol. The van der Waals surface area contributed by atoms with Crippen molar-refractivity contribution < 1.29 is 9.90 Å². The van der Waals surface area contributed by atoms with Crippen LogP contribution in [0.3, 0.4) is 0 Å². The molecule has 0 radical (unpaired) electrons. The van der Waals surface area contributed by atoms with E-state index < -0.39 is 0 Å². The summed E-state index contributed by atoms with van der Waals surface area (Å²) in [4.78, 5) is 18.8. The Morgan fingerprint density at radius 3 is 2.91 bits per heavy atom. The van der Waals surface area contributed by atoms with Crippen molar-refractivity contribution in [2.45, 2.75) is 31.7 Å². The van der Waals surface area contributed by atoms with Crippen LogP contribution in [-0.2, 0) is 4.79 Å². The van der Waals surface area contributed by atoms with E-state index in [1.54, 1.807) is 17.4 Å². The van der Waals surface area contributed by atoms with Gasteiger partial charge in [0.05, 0.1) is 10.2 Å². The highest BCUT2D eigenvalue weighted by atomic mass is 32.1. The number of amides is 1. The maximum Gasteiger partial charge on any atom is 0.246 e. The highest BCUT2D eigenvalue weighted by Crippen LogP contribution is 2.28. The third-order valence-corrected chi connectivity index (χ3v) is 4.76. The van der Waals surface area contributed by atoms with E-state index in [1.807, 2.05) is 35.2 Å². The van der Waals surface area contributed by atoms with E-state index in [4.69, 9.17) is 5.11 Å². The van der Waals surface area contributed by atoms with Gasteiger partial charge in [-0.15, -0.1) is 11.3 Å². The predicted octanol–water partition coefficient (Wildman–Crippen LogP) is 3.07. The molecule has 1 heterocycles. The summed E-state index contributed by atoms with van der Waals surface area (Å²) < 4.78 is 1.14. The van der Waals surface area contributed by atoms with Crippen molar-refractivity contribution in [3.63, 3.8) is 0 Å². The largest absolute Gasteiger partial charge is 0.396 e. The minimum atomic E-state index is 0.0553. The van der Waals surface area contributed by atoms with Gasteiger partial charge in [-0.2, -0.15) is 0 Å². The molecule has 1 saturated carbocycles. The van der Waals surface area contributed by atoms with Crippen molar-refractivity contribution in [3.05, 3.63) is 35.3 Å². The summed E-state index contributed by atoms with van der Waals surface area (Å²) in [5.74, 6) is 0.0553. The maximum absolute atomic E-state index is 12.4. The molecule has 5 heteroatoms. The molecule has 0 atom stereocenters. The second-order valence-corrected chi connectivity index (χ2v) is 6.61. The first-order valence-corrected chi connectivity index (χ1v) is 8.54. The van der Waals surface area contributed by atoms with Crippen LogP contribution in [0, 0.1) is 0 Å². The Morgan fingerprint density at radius 1 is 1.36 bits per heavy atom. The highest BCUT2D eigenvalue weighted by molar-refractivity contribution is 7.19. The number of aromatic nitrogens is 1. The normalized spacial score (nSPS) is 14.8. The Morgan fingerprint density at radius 2 is 2.18 bits per heavy atom. The van der Waals surface area contributed by atoms with Crippen LogP contribution in [0.25, 0.3) is 16.3 Å². The zero-order valence-electron chi connectivity index (χ0n) is 12.4. The van der Waals surface area contributed by atoms with Crippen molar-refractivity contribution >= 4 is 33.5 Å². The molecular weight excluding hydrogens is 296 g/mol. The number of carbonyl (C=O) groups is 1. The number of carbonyl (C=O) groups excluding carboxylic acids is 1. The first kappa shape index (κ1) is 15.2. The zero-order valence-corrected chi connectivity index (χ0v) is 13.3. The summed E-state index contributed by atoms with van der Waals surface area (Å²) in [6, 6.07) is 8.38. The summed E-state index contributed by atoms with van der Waals surface area (Å²) in [7, 11) is 0. The Labute approximate surface area is 134 Å². The lowest BCUT2D eigenvalue weighted by Crippen LogP contribution is -2.32. The Bertz CT molecular complexity index is 643. The molecule has 4 nitrogen and oxygen atoms in total. The van der Waals surface area contributed by atoms with E-state index in [-0.39, 0.29) is 12.5 Å². The van der Waals surface area contributed by atoms with Gasteiger partial charge in [0.25, 0.3) is 0 Å². The lowest BCUT2D eigenvalue weighted by molar-refractivity contribution is -0.126. The van der Waals surface area contributed by atoms with E-state index in [2.05, 4.69) is 4.98 Å². The topological polar surface area (TPSA) is 53.4 Å². The zero-order chi connectivity index (χ0) is 15.4. The number of thiazole rings is 1. The highest BCUT2D eigenvalue weighted by Gasteiger charge is 2.30. The van der Waals surface area contributed by atoms with E-state index in [0.717, 1.165) is 47.5 Å². The molecular formula is C17H20N2O2S. The number of aliphatic hydroxyl groups excluding tert-OH is 1. The number of fused-ring (bicyclic) bond motifs is 1. The average Bonchev–Trinajstić information content (AvgIpc) is 3.27. The van der Waals surface area contributed by atoms with Gasteiger partial charge in [-0.05, 0) is 43.9 Å². The van der Waals surface area contributed by atoms with Crippen LogP contribution in [0.1, 0.15) is 30.7 Å². The van der Waals surface area contributed by atoms with Gasteiger partial charge in [-0.25, -0.2) is 4.98 Å². The molecule has 0 saturated heterocycles. The number of para-hydroxylation sites is 1. The SMILES string of the molecule is O=C(/C=C/c1nc2ccccc2s1)N(CCCCO)C1CC1. The second kappa shape index (κ2) is 7.03. The molecule has 1 aromatic heterocycles. The summed E-state index contributed by atoms with van der Waals surface area (Å²) in [6.45, 7) is 0.919. The number of unbranched alkanes of at least 4 members (excludes halogenated alkanes) is 1. The summed E-state index contributed by atoms with van der Waals surface area (Å²) in [6.07, 6.45) is 7.24. The maximum atomic E-state index is 12.4. The van der Waals surface area contributed by atoms with Crippen molar-refractivity contribution in [2.75, 3.05) is 13.2 Å². The molecule has 0 spiro atoms. The molecule has 2 aromatic rings. The van der Waals surface area contributed by atoms with Crippen LogP contribution in [-0.4, -0.2) is 40.1 Å². The second-order valence-electron chi connectivity index (χ2n) is 5.55. The fraction of sp³-hybridized carbons (Fsp3) is 0.412. The molecule has 0 bridgehead atoms. The lowest BCUT2D eigenvalue weighted by atomic mass is 10.3. The molecule has 1 N–H and O–H groups in total. The molecule has 1 aromatic carbocycles. The fourth-order valence-corrected chi connectivity index (χ4v) is 3.32. The molecule has 3 rings (SSSR count). The first-order valence-electron chi connectivity index (χ1n) is 7.73. The van der Waals surface area contributed by atoms with Crippen molar-refractivity contribution in [1.82, 2.24) is 9.88 Å². The first-order chi connectivity index (χ1) is 10.8. The van der Waals surface area contributed by atoms with Gasteiger partial charge < -0.3 is 10.0 Å². The van der Waals surface area contributed by atoms with Gasteiger partial charge in [0, 0.05) is 25.3 Å². The van der Waals surface area contributed by atoms with Crippen LogP contribution in [0.4, 0.5) is 0 Å². The number of hydrogen-bond donors (Lipinski definition) is 1. The molecule has 1 fully saturated rings. The molecule has 0 unspecified atom stereocenters. The monoisotopic (exact) mass is 316 g/mol. The van der Waals surface area contributed by atoms with E-state index in [9.17, 15) is 4.79 Å². The lowest BCUT2D eigenvalue weighted by Gasteiger charge is -2.20. The van der Waals surface area contributed by atoms with Gasteiger partial charge in [-0.3, -0.25) is 4.79 Å². The third kappa shape index (κ3) is 3.72. The smallest absolute Gasteiger partial charge is 0.246 e. The van der Waals surface area contributed by atoms with Crippen LogP contribution in [0.15, 0.2) is 30.3 Å². The van der Waals surface area contributed by atoms with Gasteiger partial charge in [0.15, 0.2) is 0 Å². The van der Waals surface area contributed by atoms with Crippen LogP contribution in [0.5, 0.6) is 0 Å². The van der Waals surface area contributed by atoms with Gasteiger partial charge in [0.2, 0.25) is 5.91 Å². The molecule has 1 amide bonds. The number of rotatable bonds is 7. The predicted molar refractivity (Wildman–Crippen MR) is 89.7 cm³/mol. The standard InChI is InChI=1S/C17H20N2O2S/c20-12-4-3-11-19(13-7-8-13)17(21)10-9-16-18-14-5-1-2-6-15(14)22-16/h1-2,5-6,9-10,13,20H,3-4,7-8,11-12H2/b10-9+. The Balaban J connectivity index is 1.65. The van der Waals surface area contributed by atoms with E-state index >= 15 is 0 Å². The molecule has 116 valence electrons. The number of aliphatic hydroxyl groups is 1. The third-order valence-electron chi connectivity index (χ3n) is 3.76. The van der Waals surface area contributed by atoms with Crippen molar-refractivity contribution in [3.8, 4) is 0 Å². The number of benzene rings is 1.